The first kappa shape index (κ1) is 14.1. The van der Waals surface area contributed by atoms with Crippen LogP contribution in [0.3, 0.4) is 0 Å². The van der Waals surface area contributed by atoms with E-state index in [0.29, 0.717) is 11.6 Å². The Morgan fingerprint density at radius 3 is 2.84 bits per heavy atom. The van der Waals surface area contributed by atoms with E-state index in [1.807, 2.05) is 26.0 Å². The molecule has 0 radical (unpaired) electrons. The van der Waals surface area contributed by atoms with Crippen molar-refractivity contribution in [2.24, 2.45) is 0 Å². The summed E-state index contributed by atoms with van der Waals surface area (Å²) in [5.41, 5.74) is 1.85. The van der Waals surface area contributed by atoms with Crippen LogP contribution in [0.1, 0.15) is 18.9 Å². The summed E-state index contributed by atoms with van der Waals surface area (Å²) in [4.78, 5) is 14.0. The van der Waals surface area contributed by atoms with Crippen LogP contribution < -0.4 is 4.90 Å². The molecular weight excluding hydrogens is 262 g/mol. The van der Waals surface area contributed by atoms with E-state index in [9.17, 15) is 4.79 Å². The molecule has 3 nitrogen and oxygen atoms in total. The number of amides is 1. The van der Waals surface area contributed by atoms with Gasteiger partial charge in [0.25, 0.3) is 5.91 Å². The summed E-state index contributed by atoms with van der Waals surface area (Å²) < 4.78 is 5.57. The molecule has 19 heavy (non-hydrogen) atoms. The molecule has 102 valence electrons. The summed E-state index contributed by atoms with van der Waals surface area (Å²) in [7, 11) is 0. The van der Waals surface area contributed by atoms with E-state index >= 15 is 0 Å². The number of halogens is 1. The Kier molecular flexibility index (Phi) is 4.27. The van der Waals surface area contributed by atoms with Crippen molar-refractivity contribution in [2.45, 2.75) is 32.4 Å². The van der Waals surface area contributed by atoms with Gasteiger partial charge in [-0.2, -0.15) is 0 Å². The van der Waals surface area contributed by atoms with Crippen LogP contribution in [0.5, 0.6) is 0 Å². The topological polar surface area (TPSA) is 29.5 Å². The van der Waals surface area contributed by atoms with Crippen LogP contribution in [0.15, 0.2) is 30.9 Å². The minimum atomic E-state index is -0.104. The van der Waals surface area contributed by atoms with Crippen molar-refractivity contribution < 1.29 is 9.53 Å². The summed E-state index contributed by atoms with van der Waals surface area (Å²) in [5, 5.41) is 0.669. The van der Waals surface area contributed by atoms with Gasteiger partial charge in [-0.15, -0.1) is 0 Å². The molecule has 0 aliphatic carbocycles. The number of rotatable bonds is 3. The lowest BCUT2D eigenvalue weighted by atomic mass is 10.1. The van der Waals surface area contributed by atoms with Crippen LogP contribution in [0.25, 0.3) is 0 Å². The number of hydrogen-bond donors (Lipinski definition) is 0. The van der Waals surface area contributed by atoms with E-state index in [2.05, 4.69) is 6.58 Å². The van der Waals surface area contributed by atoms with E-state index in [1.54, 1.807) is 11.0 Å². The molecule has 0 aromatic heterocycles. The average Bonchev–Trinajstić information content (AvgIpc) is 2.78. The average molecular weight is 280 g/mol. The van der Waals surface area contributed by atoms with Crippen LogP contribution >= 0.6 is 11.6 Å². The van der Waals surface area contributed by atoms with Gasteiger partial charge in [0.05, 0.1) is 12.1 Å². The Morgan fingerprint density at radius 1 is 1.58 bits per heavy atom. The standard InChI is InChI=1S/C15H18ClNO2/c1-4-15(18)17(14-7-8-19-11(14)3)13-6-5-12(16)9-10(13)2/h4-6,9,11,14H,1,7-8H2,2-3H3. The Labute approximate surface area is 118 Å². The number of nitrogens with zero attached hydrogens (tertiary/aromatic N) is 1. The lowest BCUT2D eigenvalue weighted by Crippen LogP contribution is -2.43. The van der Waals surface area contributed by atoms with Crippen molar-refractivity contribution in [3.63, 3.8) is 0 Å². The second-order valence-electron chi connectivity index (χ2n) is 4.78. The SMILES string of the molecule is C=CC(=O)N(c1ccc(Cl)cc1C)C1CCOC1C. The van der Waals surface area contributed by atoms with E-state index < -0.39 is 0 Å². The van der Waals surface area contributed by atoms with E-state index in [0.717, 1.165) is 17.7 Å². The number of anilines is 1. The summed E-state index contributed by atoms with van der Waals surface area (Å²) in [6.45, 7) is 8.21. The third-order valence-corrected chi connectivity index (χ3v) is 3.73. The van der Waals surface area contributed by atoms with E-state index in [-0.39, 0.29) is 18.1 Å². The number of hydrogen-bond acceptors (Lipinski definition) is 2. The highest BCUT2D eigenvalue weighted by molar-refractivity contribution is 6.30. The largest absolute Gasteiger partial charge is 0.376 e. The molecule has 2 unspecified atom stereocenters. The van der Waals surface area contributed by atoms with Crippen molar-refractivity contribution in [1.82, 2.24) is 0 Å². The van der Waals surface area contributed by atoms with Crippen molar-refractivity contribution in [1.29, 1.82) is 0 Å². The van der Waals surface area contributed by atoms with Crippen LogP contribution in [0.4, 0.5) is 5.69 Å². The second-order valence-corrected chi connectivity index (χ2v) is 5.21. The van der Waals surface area contributed by atoms with Gasteiger partial charge >= 0.3 is 0 Å². The molecule has 1 aliphatic rings. The molecular formula is C15H18ClNO2. The fourth-order valence-corrected chi connectivity index (χ4v) is 2.73. The first-order valence-electron chi connectivity index (χ1n) is 6.38. The van der Waals surface area contributed by atoms with Gasteiger partial charge in [0, 0.05) is 17.3 Å². The Hall–Kier alpha value is -1.32. The first-order chi connectivity index (χ1) is 9.04. The molecule has 1 heterocycles. The molecule has 1 saturated heterocycles. The van der Waals surface area contributed by atoms with Crippen LogP contribution in [-0.4, -0.2) is 24.7 Å². The van der Waals surface area contributed by atoms with Gasteiger partial charge in [-0.05, 0) is 50.1 Å². The molecule has 0 spiro atoms. The zero-order valence-corrected chi connectivity index (χ0v) is 12.0. The van der Waals surface area contributed by atoms with Crippen LogP contribution in [0, 0.1) is 6.92 Å². The predicted octanol–water partition coefficient (Wildman–Crippen LogP) is 3.34. The molecule has 2 rings (SSSR count). The van der Waals surface area contributed by atoms with Gasteiger partial charge in [-0.3, -0.25) is 4.79 Å². The Bertz CT molecular complexity index is 501. The van der Waals surface area contributed by atoms with Crippen molar-refractivity contribution in [2.75, 3.05) is 11.5 Å². The maximum absolute atomic E-state index is 12.2. The first-order valence-corrected chi connectivity index (χ1v) is 6.75. The molecule has 4 heteroatoms. The summed E-state index contributed by atoms with van der Waals surface area (Å²) >= 11 is 5.98. The molecule has 1 aromatic carbocycles. The quantitative estimate of drug-likeness (QED) is 0.794. The molecule has 1 fully saturated rings. The highest BCUT2D eigenvalue weighted by Gasteiger charge is 2.33. The number of carbonyl (C=O) groups excluding carboxylic acids is 1. The van der Waals surface area contributed by atoms with Crippen molar-refractivity contribution in [3.05, 3.63) is 41.4 Å². The summed E-state index contributed by atoms with van der Waals surface area (Å²) in [6.07, 6.45) is 2.21. The van der Waals surface area contributed by atoms with Gasteiger partial charge in [-0.25, -0.2) is 0 Å². The van der Waals surface area contributed by atoms with Gasteiger partial charge in [0.1, 0.15) is 0 Å². The molecule has 1 aliphatic heterocycles. The Balaban J connectivity index is 2.42. The number of aryl methyl sites for hydroxylation is 1. The maximum Gasteiger partial charge on any atom is 0.250 e. The van der Waals surface area contributed by atoms with E-state index in [1.165, 1.54) is 6.08 Å². The van der Waals surface area contributed by atoms with Gasteiger partial charge in [-0.1, -0.05) is 18.2 Å². The third kappa shape index (κ3) is 2.82. The molecule has 0 N–H and O–H groups in total. The molecule has 2 atom stereocenters. The zero-order chi connectivity index (χ0) is 14.0. The van der Waals surface area contributed by atoms with Gasteiger partial charge < -0.3 is 9.64 Å². The minimum Gasteiger partial charge on any atom is -0.376 e. The fourth-order valence-electron chi connectivity index (χ4n) is 2.51. The normalized spacial score (nSPS) is 22.3. The highest BCUT2D eigenvalue weighted by Crippen LogP contribution is 2.30. The Morgan fingerprint density at radius 2 is 2.32 bits per heavy atom. The maximum atomic E-state index is 12.2. The highest BCUT2D eigenvalue weighted by atomic mass is 35.5. The molecule has 1 amide bonds. The second kappa shape index (κ2) is 5.76. The molecule has 1 aromatic rings. The van der Waals surface area contributed by atoms with E-state index in [4.69, 9.17) is 16.3 Å². The monoisotopic (exact) mass is 279 g/mol. The number of ether oxygens (including phenoxy) is 1. The predicted molar refractivity (Wildman–Crippen MR) is 77.7 cm³/mol. The number of carbonyl (C=O) groups is 1. The minimum absolute atomic E-state index is 0.0268. The molecule has 0 bridgehead atoms. The van der Waals surface area contributed by atoms with Crippen LogP contribution in [0.2, 0.25) is 5.02 Å². The lowest BCUT2D eigenvalue weighted by Gasteiger charge is -2.31. The van der Waals surface area contributed by atoms with Gasteiger partial charge in [0.2, 0.25) is 0 Å². The zero-order valence-electron chi connectivity index (χ0n) is 11.2. The lowest BCUT2D eigenvalue weighted by molar-refractivity contribution is -0.114. The molecule has 0 saturated carbocycles. The summed E-state index contributed by atoms with van der Waals surface area (Å²) in [5.74, 6) is -0.104. The smallest absolute Gasteiger partial charge is 0.250 e. The summed E-state index contributed by atoms with van der Waals surface area (Å²) in [6, 6.07) is 5.59. The number of benzene rings is 1. The third-order valence-electron chi connectivity index (χ3n) is 3.50. The fraction of sp³-hybridized carbons (Fsp3) is 0.400. The van der Waals surface area contributed by atoms with Crippen molar-refractivity contribution >= 4 is 23.2 Å². The van der Waals surface area contributed by atoms with Crippen LogP contribution in [-0.2, 0) is 9.53 Å². The van der Waals surface area contributed by atoms with Crippen molar-refractivity contribution in [3.8, 4) is 0 Å². The van der Waals surface area contributed by atoms with Gasteiger partial charge in [0.15, 0.2) is 0 Å².